The Morgan fingerprint density at radius 1 is 1.25 bits per heavy atom. The smallest absolute Gasteiger partial charge is 0.246 e. The first-order chi connectivity index (χ1) is 11.2. The summed E-state index contributed by atoms with van der Waals surface area (Å²) in [4.78, 5) is 20.7. The molecular formula is C17H25IN2O4. The molecule has 0 aliphatic carbocycles. The average Bonchev–Trinajstić information content (AvgIpc) is 2.52. The van der Waals surface area contributed by atoms with Crippen molar-refractivity contribution in [3.05, 3.63) is 33.6 Å². The number of halogens is 1. The molecule has 0 spiro atoms. The molecule has 2 amide bonds. The molecule has 0 atom stereocenters. The first kappa shape index (κ1) is 22.2. The molecule has 0 heterocycles. The molecule has 0 bridgehead atoms. The van der Waals surface area contributed by atoms with Crippen molar-refractivity contribution in [3.8, 4) is 5.75 Å². The van der Waals surface area contributed by atoms with E-state index >= 15 is 0 Å². The van der Waals surface area contributed by atoms with Gasteiger partial charge in [0.25, 0.3) is 0 Å². The Morgan fingerprint density at radius 3 is 2.29 bits per heavy atom. The zero-order valence-electron chi connectivity index (χ0n) is 14.9. The topological polar surface area (TPSA) is 76.7 Å². The summed E-state index contributed by atoms with van der Waals surface area (Å²) < 4.78 is 10.9. The van der Waals surface area contributed by atoms with E-state index in [1.807, 2.05) is 12.1 Å². The average molecular weight is 448 g/mol. The number of nitrogens with one attached hydrogen (secondary N) is 2. The molecule has 2 N–H and O–H groups in total. The van der Waals surface area contributed by atoms with Gasteiger partial charge in [0.15, 0.2) is 0 Å². The lowest BCUT2D eigenvalue weighted by atomic mass is 9.86. The van der Waals surface area contributed by atoms with Crippen molar-refractivity contribution in [3.63, 3.8) is 0 Å². The minimum atomic E-state index is -0.160. The second-order valence-electron chi connectivity index (χ2n) is 5.70. The molecule has 134 valence electrons. The summed E-state index contributed by atoms with van der Waals surface area (Å²) in [6.45, 7) is 6.35. The SMILES string of the molecule is CNC(=O)/C=C/OC.COc1c(I)cc(NC=O)cc1C(C)(C)C. The lowest BCUT2D eigenvalue weighted by Crippen LogP contribution is -2.14. The fraction of sp³-hybridized carbons (Fsp3) is 0.412. The fourth-order valence-electron chi connectivity index (χ4n) is 1.72. The zero-order valence-corrected chi connectivity index (χ0v) is 17.1. The van der Waals surface area contributed by atoms with Crippen molar-refractivity contribution >= 4 is 40.6 Å². The number of benzene rings is 1. The minimum Gasteiger partial charge on any atom is -0.504 e. The lowest BCUT2D eigenvalue weighted by molar-refractivity contribution is -0.116. The number of carbonyl (C=O) groups is 2. The van der Waals surface area contributed by atoms with Crippen LogP contribution in [0.25, 0.3) is 0 Å². The van der Waals surface area contributed by atoms with Crippen LogP contribution in [0, 0.1) is 3.57 Å². The van der Waals surface area contributed by atoms with E-state index in [9.17, 15) is 9.59 Å². The van der Waals surface area contributed by atoms with Crippen molar-refractivity contribution in [2.45, 2.75) is 26.2 Å². The number of ether oxygens (including phenoxy) is 2. The maximum atomic E-state index is 10.5. The normalized spacial score (nSPS) is 10.5. The summed E-state index contributed by atoms with van der Waals surface area (Å²) in [5, 5.41) is 5.07. The Kier molecular flexibility index (Phi) is 10.1. The van der Waals surface area contributed by atoms with Gasteiger partial charge in [-0.15, -0.1) is 0 Å². The third-order valence-corrected chi connectivity index (χ3v) is 3.68. The monoisotopic (exact) mass is 448 g/mol. The standard InChI is InChI=1S/C12H16INO2.C5H9NO2/c1-12(2,3)9-5-8(14-7-15)6-10(13)11(9)16-4;1-6-5(7)3-4-8-2/h5-7H,1-4H3,(H,14,15);3-4H,1-2H3,(H,6,7)/b;4-3+. The molecule has 0 aliphatic rings. The summed E-state index contributed by atoms with van der Waals surface area (Å²) in [6, 6.07) is 3.85. The van der Waals surface area contributed by atoms with Crippen LogP contribution in [0.15, 0.2) is 24.5 Å². The Bertz CT molecular complexity index is 581. The molecule has 24 heavy (non-hydrogen) atoms. The van der Waals surface area contributed by atoms with Crippen molar-refractivity contribution in [2.75, 3.05) is 26.6 Å². The van der Waals surface area contributed by atoms with Crippen molar-refractivity contribution < 1.29 is 19.1 Å². The predicted octanol–water partition coefficient (Wildman–Crippen LogP) is 3.06. The highest BCUT2D eigenvalue weighted by Crippen LogP contribution is 2.37. The molecule has 0 fully saturated rings. The first-order valence-corrected chi connectivity index (χ1v) is 8.28. The molecule has 0 unspecified atom stereocenters. The molecule has 0 radical (unpaired) electrons. The van der Waals surface area contributed by atoms with E-state index < -0.39 is 0 Å². The van der Waals surface area contributed by atoms with Crippen LogP contribution in [-0.4, -0.2) is 33.6 Å². The Balaban J connectivity index is 0.000000561. The van der Waals surface area contributed by atoms with Crippen LogP contribution in [-0.2, 0) is 19.7 Å². The highest BCUT2D eigenvalue weighted by Gasteiger charge is 2.21. The number of carbonyl (C=O) groups excluding carboxylic acids is 2. The fourth-order valence-corrected chi connectivity index (χ4v) is 2.57. The van der Waals surface area contributed by atoms with E-state index in [-0.39, 0.29) is 11.3 Å². The van der Waals surface area contributed by atoms with E-state index in [1.54, 1.807) is 14.2 Å². The van der Waals surface area contributed by atoms with Crippen molar-refractivity contribution in [1.29, 1.82) is 0 Å². The third kappa shape index (κ3) is 7.67. The van der Waals surface area contributed by atoms with Gasteiger partial charge in [-0.1, -0.05) is 20.8 Å². The van der Waals surface area contributed by atoms with Crippen LogP contribution in [0.2, 0.25) is 0 Å². The number of hydrogen-bond donors (Lipinski definition) is 2. The van der Waals surface area contributed by atoms with Gasteiger partial charge in [0, 0.05) is 24.4 Å². The summed E-state index contributed by atoms with van der Waals surface area (Å²) in [5.74, 6) is 0.719. The number of rotatable bonds is 5. The summed E-state index contributed by atoms with van der Waals surface area (Å²) >= 11 is 2.21. The van der Waals surface area contributed by atoms with E-state index in [2.05, 4.69) is 58.7 Å². The highest BCUT2D eigenvalue weighted by atomic mass is 127. The number of amides is 2. The molecule has 6 nitrogen and oxygen atoms in total. The van der Waals surface area contributed by atoms with Gasteiger partial charge in [0.1, 0.15) is 5.75 Å². The van der Waals surface area contributed by atoms with E-state index in [4.69, 9.17) is 4.74 Å². The Hall–Kier alpha value is -1.77. The quantitative estimate of drug-likeness (QED) is 0.314. The van der Waals surface area contributed by atoms with E-state index in [0.717, 1.165) is 20.6 Å². The van der Waals surface area contributed by atoms with Gasteiger partial charge in [-0.25, -0.2) is 0 Å². The van der Waals surface area contributed by atoms with Gasteiger partial charge >= 0.3 is 0 Å². The number of likely N-dealkylation sites (N-methyl/N-ethyl adjacent to an activating group) is 1. The van der Waals surface area contributed by atoms with Crippen molar-refractivity contribution in [2.24, 2.45) is 0 Å². The largest absolute Gasteiger partial charge is 0.504 e. The van der Waals surface area contributed by atoms with Gasteiger partial charge < -0.3 is 20.1 Å². The zero-order chi connectivity index (χ0) is 18.8. The number of anilines is 1. The summed E-state index contributed by atoms with van der Waals surface area (Å²) in [7, 11) is 4.71. The molecule has 0 aromatic heterocycles. The van der Waals surface area contributed by atoms with Gasteiger partial charge in [-0.2, -0.15) is 0 Å². The maximum Gasteiger partial charge on any atom is 0.246 e. The van der Waals surface area contributed by atoms with Crippen LogP contribution in [0.3, 0.4) is 0 Å². The molecule has 0 saturated carbocycles. The molecule has 1 rings (SSSR count). The first-order valence-electron chi connectivity index (χ1n) is 7.20. The van der Waals surface area contributed by atoms with Crippen LogP contribution >= 0.6 is 22.6 Å². The molecular weight excluding hydrogens is 423 g/mol. The van der Waals surface area contributed by atoms with Gasteiger partial charge in [0.2, 0.25) is 12.3 Å². The van der Waals surface area contributed by atoms with Crippen LogP contribution in [0.1, 0.15) is 26.3 Å². The van der Waals surface area contributed by atoms with Gasteiger partial charge in [-0.05, 0) is 40.1 Å². The van der Waals surface area contributed by atoms with Crippen LogP contribution in [0.4, 0.5) is 5.69 Å². The van der Waals surface area contributed by atoms with E-state index in [1.165, 1.54) is 19.4 Å². The van der Waals surface area contributed by atoms with Crippen LogP contribution < -0.4 is 15.4 Å². The van der Waals surface area contributed by atoms with Gasteiger partial charge in [-0.3, -0.25) is 9.59 Å². The van der Waals surface area contributed by atoms with E-state index in [0.29, 0.717) is 6.41 Å². The molecule has 1 aromatic rings. The summed E-state index contributed by atoms with van der Waals surface area (Å²) in [6.07, 6.45) is 3.31. The third-order valence-electron chi connectivity index (χ3n) is 2.88. The Labute approximate surface area is 157 Å². The van der Waals surface area contributed by atoms with Crippen LogP contribution in [0.5, 0.6) is 5.75 Å². The number of hydrogen-bond acceptors (Lipinski definition) is 4. The van der Waals surface area contributed by atoms with Crippen molar-refractivity contribution in [1.82, 2.24) is 5.32 Å². The molecule has 1 aromatic carbocycles. The maximum absolute atomic E-state index is 10.5. The second kappa shape index (κ2) is 10.9. The highest BCUT2D eigenvalue weighted by molar-refractivity contribution is 14.1. The summed E-state index contributed by atoms with van der Waals surface area (Å²) in [5.41, 5.74) is 1.86. The van der Waals surface area contributed by atoms with Gasteiger partial charge in [0.05, 0.1) is 24.1 Å². The molecule has 0 aliphatic heterocycles. The number of methoxy groups -OCH3 is 2. The predicted molar refractivity (Wildman–Crippen MR) is 104 cm³/mol. The second-order valence-corrected chi connectivity index (χ2v) is 6.87. The molecule has 7 heteroatoms. The minimum absolute atomic E-state index is 0.0220. The lowest BCUT2D eigenvalue weighted by Gasteiger charge is -2.23. The molecule has 0 saturated heterocycles. The Morgan fingerprint density at radius 2 is 1.88 bits per heavy atom.